The first-order valence-corrected chi connectivity index (χ1v) is 15.6. The summed E-state index contributed by atoms with van der Waals surface area (Å²) in [5.41, 5.74) is 3.92. The van der Waals surface area contributed by atoms with Crippen LogP contribution < -0.4 is 0 Å². The molecule has 2 fully saturated rings. The summed E-state index contributed by atoms with van der Waals surface area (Å²) in [7, 11) is -2.01. The summed E-state index contributed by atoms with van der Waals surface area (Å²) in [6.07, 6.45) is 3.46. The molecule has 3 aromatic carbocycles. The molecule has 0 saturated carbocycles. The molecule has 2 heterocycles. The molecular formula is C31H33ClF2N2O3S. The molecule has 2 atom stereocenters. The van der Waals surface area contributed by atoms with Crippen LogP contribution in [-0.2, 0) is 14.6 Å². The van der Waals surface area contributed by atoms with Crippen LogP contribution in [0.4, 0.5) is 8.78 Å². The largest absolute Gasteiger partial charge is 0.383 e. The molecule has 2 saturated heterocycles. The molecule has 0 aromatic heterocycles. The highest BCUT2D eigenvalue weighted by molar-refractivity contribution is 8.00. The van der Waals surface area contributed by atoms with Gasteiger partial charge in [0.15, 0.2) is 9.84 Å². The molecule has 3 aromatic rings. The standard InChI is InChI=1S/C31H33ClF2N2O3S/c1-39-20-29(35-13-3-4-14-35)21-5-7-22(8-6-21)30(23-9-11-26(32)12-10-23)36-18-25(19-36)31(40(2,37)38)24-15-27(33)17-28(34)16-24/h5-12,15-17,29-30H,3-4,13-14,18-20H2,1-2H3/t29-,30?/m0/s1. The maximum Gasteiger partial charge on any atom is 0.176 e. The van der Waals surface area contributed by atoms with E-state index in [4.69, 9.17) is 16.3 Å². The zero-order valence-corrected chi connectivity index (χ0v) is 24.2. The van der Waals surface area contributed by atoms with Gasteiger partial charge in [0.25, 0.3) is 0 Å². The van der Waals surface area contributed by atoms with Crippen molar-refractivity contribution < 1.29 is 21.9 Å². The minimum atomic E-state index is -3.74. The average Bonchev–Trinajstić information content (AvgIpc) is 3.41. The lowest BCUT2D eigenvalue weighted by molar-refractivity contribution is 0.105. The Labute approximate surface area is 239 Å². The Balaban J connectivity index is 1.48. The van der Waals surface area contributed by atoms with Crippen molar-refractivity contribution in [1.82, 2.24) is 9.80 Å². The maximum atomic E-state index is 14.0. The lowest BCUT2D eigenvalue weighted by atomic mass is 9.91. The summed E-state index contributed by atoms with van der Waals surface area (Å²) < 4.78 is 59.0. The summed E-state index contributed by atoms with van der Waals surface area (Å²) >= 11 is 6.18. The van der Waals surface area contributed by atoms with E-state index < -0.39 is 21.5 Å². The molecule has 0 radical (unpaired) electrons. The molecule has 2 aliphatic heterocycles. The van der Waals surface area contributed by atoms with E-state index in [-0.39, 0.29) is 22.6 Å². The quantitative estimate of drug-likeness (QED) is 0.296. The minimum Gasteiger partial charge on any atom is -0.383 e. The molecule has 0 spiro atoms. The van der Waals surface area contributed by atoms with Crippen molar-refractivity contribution in [3.63, 3.8) is 0 Å². The van der Waals surface area contributed by atoms with Crippen LogP contribution in [0.2, 0.25) is 5.02 Å². The van der Waals surface area contributed by atoms with Crippen molar-refractivity contribution in [2.24, 2.45) is 0 Å². The Morgan fingerprint density at radius 1 is 0.875 bits per heavy atom. The van der Waals surface area contributed by atoms with Gasteiger partial charge in [0.1, 0.15) is 11.6 Å². The Kier molecular flexibility index (Phi) is 8.73. The van der Waals surface area contributed by atoms with Gasteiger partial charge < -0.3 is 4.74 Å². The van der Waals surface area contributed by atoms with Crippen LogP contribution in [0.5, 0.6) is 0 Å². The molecule has 9 heteroatoms. The number of sulfone groups is 1. The normalized spacial score (nSPS) is 18.0. The number of nitrogens with zero attached hydrogens (tertiary/aromatic N) is 2. The molecule has 0 bridgehead atoms. The number of likely N-dealkylation sites (tertiary alicyclic amines) is 2. The van der Waals surface area contributed by atoms with E-state index in [1.54, 1.807) is 7.11 Å². The second-order valence-corrected chi connectivity index (χ2v) is 13.0. The Bertz CT molecular complexity index is 1460. The van der Waals surface area contributed by atoms with Crippen LogP contribution in [-0.4, -0.2) is 64.4 Å². The summed E-state index contributed by atoms with van der Waals surface area (Å²) in [5, 5.41) is 0.627. The number of halogens is 3. The third-order valence-electron chi connectivity index (χ3n) is 7.70. The minimum absolute atomic E-state index is 0.0135. The van der Waals surface area contributed by atoms with Gasteiger partial charge in [0.05, 0.1) is 23.6 Å². The SMILES string of the molecule is COC[C@@H](c1ccc(C(c2ccc(Cl)cc2)N2CC(=C(c3cc(F)cc(F)c3)S(C)(=O)=O)C2)cc1)N1CCCC1. The fourth-order valence-electron chi connectivity index (χ4n) is 5.92. The first-order valence-electron chi connectivity index (χ1n) is 13.3. The van der Waals surface area contributed by atoms with Gasteiger partial charge in [0.2, 0.25) is 0 Å². The first kappa shape index (κ1) is 28.9. The van der Waals surface area contributed by atoms with Crippen molar-refractivity contribution in [3.05, 3.63) is 111 Å². The third kappa shape index (κ3) is 6.31. The Morgan fingerprint density at radius 3 is 1.93 bits per heavy atom. The van der Waals surface area contributed by atoms with Gasteiger partial charge in [-0.25, -0.2) is 17.2 Å². The zero-order chi connectivity index (χ0) is 28.4. The van der Waals surface area contributed by atoms with Gasteiger partial charge in [-0.1, -0.05) is 48.0 Å². The number of hydrogen-bond acceptors (Lipinski definition) is 5. The molecule has 0 amide bonds. The van der Waals surface area contributed by atoms with Crippen molar-refractivity contribution >= 4 is 26.3 Å². The van der Waals surface area contributed by atoms with E-state index in [1.807, 2.05) is 24.3 Å². The zero-order valence-electron chi connectivity index (χ0n) is 22.6. The maximum absolute atomic E-state index is 14.0. The molecule has 2 aliphatic rings. The molecule has 40 heavy (non-hydrogen) atoms. The number of ether oxygens (including phenoxy) is 1. The third-order valence-corrected chi connectivity index (χ3v) is 9.22. The van der Waals surface area contributed by atoms with Crippen LogP contribution >= 0.6 is 11.6 Å². The lowest BCUT2D eigenvalue weighted by Gasteiger charge is -2.42. The van der Waals surface area contributed by atoms with Crippen LogP contribution in [0, 0.1) is 11.6 Å². The summed E-state index contributed by atoms with van der Waals surface area (Å²) in [5.74, 6) is -1.62. The van der Waals surface area contributed by atoms with E-state index in [0.29, 0.717) is 30.3 Å². The number of methoxy groups -OCH3 is 1. The average molecular weight is 587 g/mol. The van der Waals surface area contributed by atoms with Gasteiger partial charge in [-0.05, 0) is 78.0 Å². The second-order valence-electron chi connectivity index (χ2n) is 10.6. The van der Waals surface area contributed by atoms with E-state index >= 15 is 0 Å². The van der Waals surface area contributed by atoms with Crippen molar-refractivity contribution in [2.45, 2.75) is 24.9 Å². The van der Waals surface area contributed by atoms with Gasteiger partial charge in [0, 0.05) is 37.5 Å². The van der Waals surface area contributed by atoms with E-state index in [0.717, 1.165) is 48.7 Å². The molecule has 212 valence electrons. The van der Waals surface area contributed by atoms with Gasteiger partial charge in [-0.2, -0.15) is 0 Å². The monoisotopic (exact) mass is 586 g/mol. The van der Waals surface area contributed by atoms with Crippen LogP contribution in [0.3, 0.4) is 0 Å². The molecule has 5 nitrogen and oxygen atoms in total. The lowest BCUT2D eigenvalue weighted by Crippen LogP contribution is -2.44. The van der Waals surface area contributed by atoms with Crippen molar-refractivity contribution in [2.75, 3.05) is 46.2 Å². The smallest absolute Gasteiger partial charge is 0.176 e. The summed E-state index contributed by atoms with van der Waals surface area (Å²) in [4.78, 5) is 4.60. The van der Waals surface area contributed by atoms with E-state index in [2.05, 4.69) is 34.1 Å². The Hall–Kier alpha value is -2.62. The van der Waals surface area contributed by atoms with Crippen molar-refractivity contribution in [3.8, 4) is 0 Å². The molecule has 5 rings (SSSR count). The number of benzene rings is 3. The molecule has 1 unspecified atom stereocenters. The predicted molar refractivity (Wildman–Crippen MR) is 155 cm³/mol. The van der Waals surface area contributed by atoms with Crippen molar-refractivity contribution in [1.29, 1.82) is 0 Å². The van der Waals surface area contributed by atoms with Crippen LogP contribution in [0.15, 0.2) is 72.3 Å². The predicted octanol–water partition coefficient (Wildman–Crippen LogP) is 6.26. The summed E-state index contributed by atoms with van der Waals surface area (Å²) in [6.45, 7) is 3.42. The highest BCUT2D eigenvalue weighted by atomic mass is 35.5. The van der Waals surface area contributed by atoms with Crippen LogP contribution in [0.25, 0.3) is 4.91 Å². The first-order chi connectivity index (χ1) is 19.1. The fourth-order valence-corrected chi connectivity index (χ4v) is 7.24. The van der Waals surface area contributed by atoms with Gasteiger partial charge >= 0.3 is 0 Å². The fraction of sp³-hybridized carbons (Fsp3) is 0.355. The van der Waals surface area contributed by atoms with Gasteiger partial charge in [-0.3, -0.25) is 9.80 Å². The highest BCUT2D eigenvalue weighted by Gasteiger charge is 2.35. The Morgan fingerprint density at radius 2 is 1.40 bits per heavy atom. The molecule has 0 aliphatic carbocycles. The number of rotatable bonds is 9. The van der Waals surface area contributed by atoms with E-state index in [9.17, 15) is 17.2 Å². The van der Waals surface area contributed by atoms with E-state index in [1.165, 1.54) is 18.4 Å². The highest BCUT2D eigenvalue weighted by Crippen LogP contribution is 2.39. The molecule has 0 N–H and O–H groups in total. The van der Waals surface area contributed by atoms with Crippen LogP contribution in [0.1, 0.15) is 47.2 Å². The number of hydrogen-bond donors (Lipinski definition) is 0. The summed E-state index contributed by atoms with van der Waals surface area (Å²) in [6, 6.07) is 19.1. The topological polar surface area (TPSA) is 49.9 Å². The second kappa shape index (κ2) is 12.1. The van der Waals surface area contributed by atoms with Gasteiger partial charge in [-0.15, -0.1) is 0 Å². The molecular weight excluding hydrogens is 554 g/mol.